The van der Waals surface area contributed by atoms with E-state index in [-0.39, 0.29) is 17.5 Å². The maximum absolute atomic E-state index is 13.3. The van der Waals surface area contributed by atoms with Gasteiger partial charge in [0, 0.05) is 40.6 Å². The van der Waals surface area contributed by atoms with Crippen LogP contribution in [0.4, 0.5) is 10.7 Å². The molecule has 0 saturated heterocycles. The molecule has 3 heterocycles. The van der Waals surface area contributed by atoms with Crippen molar-refractivity contribution in [3.8, 4) is 0 Å². The van der Waals surface area contributed by atoms with Crippen LogP contribution >= 0.6 is 23.1 Å². The third kappa shape index (κ3) is 8.18. The quantitative estimate of drug-likeness (QED) is 0.113. The highest BCUT2D eigenvalue weighted by molar-refractivity contribution is 8.00. The van der Waals surface area contributed by atoms with Gasteiger partial charge < -0.3 is 30.0 Å². The number of hydrogen-bond donors (Lipinski definition) is 3. The Morgan fingerprint density at radius 3 is 2.51 bits per heavy atom. The molecule has 0 saturated carbocycles. The SMILES string of the molecule is COC(=O)c1c(NC(=O)C(C)Sc2cccc(NC(=O)/C(=C/c3ccco3)NC(=O)c3ccccc3)c2)sc2c1CCN(C(C)=O)C2. The topological polar surface area (TPSA) is 147 Å². The van der Waals surface area contributed by atoms with Crippen molar-refractivity contribution < 1.29 is 33.1 Å². The van der Waals surface area contributed by atoms with Crippen LogP contribution in [0.1, 0.15) is 50.8 Å². The maximum Gasteiger partial charge on any atom is 0.341 e. The molecule has 0 radical (unpaired) electrons. The molecule has 2 aromatic heterocycles. The van der Waals surface area contributed by atoms with Gasteiger partial charge in [-0.2, -0.15) is 0 Å². The summed E-state index contributed by atoms with van der Waals surface area (Å²) in [5.74, 6) is -1.58. The van der Waals surface area contributed by atoms with Crippen LogP contribution in [0.3, 0.4) is 0 Å². The van der Waals surface area contributed by atoms with Crippen molar-refractivity contribution in [2.45, 2.75) is 37.0 Å². The summed E-state index contributed by atoms with van der Waals surface area (Å²) in [4.78, 5) is 67.4. The second-order valence-electron chi connectivity index (χ2n) is 10.5. The lowest BCUT2D eigenvalue weighted by Crippen LogP contribution is -2.33. The molecule has 5 rings (SSSR count). The summed E-state index contributed by atoms with van der Waals surface area (Å²) in [7, 11) is 1.29. The van der Waals surface area contributed by atoms with Gasteiger partial charge in [-0.3, -0.25) is 19.2 Å². The third-order valence-corrected chi connectivity index (χ3v) is 9.49. The highest BCUT2D eigenvalue weighted by atomic mass is 32.2. The molecule has 3 N–H and O–H groups in total. The Bertz CT molecular complexity index is 1830. The minimum absolute atomic E-state index is 0.0221. The molecule has 2 aromatic carbocycles. The van der Waals surface area contributed by atoms with Crippen molar-refractivity contribution in [1.82, 2.24) is 10.2 Å². The van der Waals surface area contributed by atoms with Gasteiger partial charge in [0.25, 0.3) is 11.8 Å². The Morgan fingerprint density at radius 2 is 1.81 bits per heavy atom. The van der Waals surface area contributed by atoms with Crippen LogP contribution in [0.2, 0.25) is 0 Å². The molecular weight excluding hydrogens is 641 g/mol. The summed E-state index contributed by atoms with van der Waals surface area (Å²) in [5, 5.41) is 8.16. The number of hydrogen-bond acceptors (Lipinski definition) is 9. The Kier molecular flexibility index (Phi) is 10.6. The molecule has 4 amide bonds. The van der Waals surface area contributed by atoms with Crippen LogP contribution in [-0.4, -0.2) is 53.4 Å². The van der Waals surface area contributed by atoms with Gasteiger partial charge in [-0.1, -0.05) is 24.3 Å². The molecule has 1 unspecified atom stereocenters. The molecule has 0 bridgehead atoms. The fraction of sp³-hybridized carbons (Fsp3) is 0.206. The molecule has 0 spiro atoms. The first-order chi connectivity index (χ1) is 22.6. The van der Waals surface area contributed by atoms with Gasteiger partial charge >= 0.3 is 5.97 Å². The third-order valence-electron chi connectivity index (χ3n) is 7.26. The summed E-state index contributed by atoms with van der Waals surface area (Å²) in [5.41, 5.74) is 1.92. The number of benzene rings is 2. The van der Waals surface area contributed by atoms with Gasteiger partial charge in [0.15, 0.2) is 0 Å². The standard InChI is InChI=1S/C34H32N4O7S2/c1-20(30(40)37-33-29(34(43)44-3)26-14-15-38(21(2)39)19-28(26)47-33)46-25-13-7-11-23(17-25)35-32(42)27(18-24-12-8-16-45-24)36-31(41)22-9-5-4-6-10-22/h4-13,16-18,20H,14-15,19H2,1-3H3,(H,35,42)(H,36,41)(H,37,40)/b27-18-. The van der Waals surface area contributed by atoms with E-state index in [0.29, 0.717) is 52.0 Å². The lowest BCUT2D eigenvalue weighted by molar-refractivity contribution is -0.129. The zero-order valence-corrected chi connectivity index (χ0v) is 27.5. The summed E-state index contributed by atoms with van der Waals surface area (Å²) in [6, 6.07) is 18.8. The number of fused-ring (bicyclic) bond motifs is 1. The number of anilines is 2. The lowest BCUT2D eigenvalue weighted by atomic mass is 10.0. The maximum atomic E-state index is 13.3. The first-order valence-electron chi connectivity index (χ1n) is 14.6. The Hall–Kier alpha value is -5.14. The minimum atomic E-state index is -0.584. The van der Waals surface area contributed by atoms with E-state index in [9.17, 15) is 24.0 Å². The number of thiophene rings is 1. The average Bonchev–Trinajstić information content (AvgIpc) is 3.71. The summed E-state index contributed by atoms with van der Waals surface area (Å²) in [6.45, 7) is 4.08. The first-order valence-corrected chi connectivity index (χ1v) is 16.3. The Labute approximate surface area is 279 Å². The summed E-state index contributed by atoms with van der Waals surface area (Å²) < 4.78 is 10.4. The van der Waals surface area contributed by atoms with Crippen LogP contribution in [0.5, 0.6) is 0 Å². The predicted octanol–water partition coefficient (Wildman–Crippen LogP) is 5.56. The van der Waals surface area contributed by atoms with Crippen molar-refractivity contribution in [2.75, 3.05) is 24.3 Å². The van der Waals surface area contributed by atoms with E-state index in [2.05, 4.69) is 16.0 Å². The minimum Gasteiger partial charge on any atom is -0.465 e. The molecule has 1 atom stereocenters. The van der Waals surface area contributed by atoms with Crippen molar-refractivity contribution in [3.05, 3.63) is 106 Å². The second kappa shape index (κ2) is 15.0. The van der Waals surface area contributed by atoms with Gasteiger partial charge in [-0.25, -0.2) is 4.79 Å². The molecule has 4 aromatic rings. The van der Waals surface area contributed by atoms with E-state index in [0.717, 1.165) is 10.4 Å². The number of esters is 1. The van der Waals surface area contributed by atoms with Crippen LogP contribution in [0.15, 0.2) is 88.0 Å². The summed E-state index contributed by atoms with van der Waals surface area (Å²) >= 11 is 2.53. The molecule has 1 aliphatic rings. The number of carbonyl (C=O) groups is 5. The number of rotatable bonds is 10. The zero-order chi connectivity index (χ0) is 33.5. The molecular formula is C34H32N4O7S2. The van der Waals surface area contributed by atoms with Crippen LogP contribution < -0.4 is 16.0 Å². The van der Waals surface area contributed by atoms with E-state index < -0.39 is 23.0 Å². The number of thioether (sulfide) groups is 1. The highest BCUT2D eigenvalue weighted by Crippen LogP contribution is 2.38. The normalized spacial score (nSPS) is 13.3. The smallest absolute Gasteiger partial charge is 0.341 e. The van der Waals surface area contributed by atoms with E-state index >= 15 is 0 Å². The Morgan fingerprint density at radius 1 is 1.02 bits per heavy atom. The van der Waals surface area contributed by atoms with E-state index in [1.54, 1.807) is 78.6 Å². The average molecular weight is 673 g/mol. The predicted molar refractivity (Wildman–Crippen MR) is 180 cm³/mol. The largest absolute Gasteiger partial charge is 0.465 e. The molecule has 0 fully saturated rings. The number of amides is 4. The zero-order valence-electron chi connectivity index (χ0n) is 25.8. The molecule has 47 heavy (non-hydrogen) atoms. The summed E-state index contributed by atoms with van der Waals surface area (Å²) in [6.07, 6.45) is 3.38. The van der Waals surface area contributed by atoms with Gasteiger partial charge in [-0.15, -0.1) is 23.1 Å². The molecule has 11 nitrogen and oxygen atoms in total. The lowest BCUT2D eigenvalue weighted by Gasteiger charge is -2.25. The van der Waals surface area contributed by atoms with Crippen LogP contribution in [0.25, 0.3) is 6.08 Å². The molecule has 0 aliphatic carbocycles. The van der Waals surface area contributed by atoms with Crippen LogP contribution in [0, 0.1) is 0 Å². The molecule has 242 valence electrons. The van der Waals surface area contributed by atoms with Gasteiger partial charge in [0.05, 0.1) is 30.7 Å². The first kappa shape index (κ1) is 33.2. The molecule has 1 aliphatic heterocycles. The number of furan rings is 1. The monoisotopic (exact) mass is 672 g/mol. The van der Waals surface area contributed by atoms with E-state index in [1.165, 1.54) is 49.5 Å². The fourth-order valence-corrected chi connectivity index (χ4v) is 7.03. The van der Waals surface area contributed by atoms with Gasteiger partial charge in [-0.05, 0) is 61.4 Å². The van der Waals surface area contributed by atoms with Crippen molar-refractivity contribution in [1.29, 1.82) is 0 Å². The van der Waals surface area contributed by atoms with Crippen molar-refractivity contribution >= 4 is 69.5 Å². The second-order valence-corrected chi connectivity index (χ2v) is 13.0. The van der Waals surface area contributed by atoms with Crippen molar-refractivity contribution in [3.63, 3.8) is 0 Å². The number of methoxy groups -OCH3 is 1. The van der Waals surface area contributed by atoms with E-state index in [4.69, 9.17) is 9.15 Å². The van der Waals surface area contributed by atoms with Crippen LogP contribution in [-0.2, 0) is 32.1 Å². The number of carbonyl (C=O) groups excluding carboxylic acids is 5. The van der Waals surface area contributed by atoms with Gasteiger partial charge in [0.2, 0.25) is 11.8 Å². The number of nitrogens with zero attached hydrogens (tertiary/aromatic N) is 1. The van der Waals surface area contributed by atoms with Gasteiger partial charge in [0.1, 0.15) is 16.5 Å². The highest BCUT2D eigenvalue weighted by Gasteiger charge is 2.31. The Balaban J connectivity index is 1.27. The molecule has 13 heteroatoms. The number of ether oxygens (including phenoxy) is 1. The number of nitrogens with one attached hydrogen (secondary N) is 3. The fourth-order valence-electron chi connectivity index (χ4n) is 4.85. The van der Waals surface area contributed by atoms with Crippen molar-refractivity contribution in [2.24, 2.45) is 0 Å². The van der Waals surface area contributed by atoms with E-state index in [1.807, 2.05) is 0 Å².